The van der Waals surface area contributed by atoms with Crippen molar-refractivity contribution in [2.24, 2.45) is 0 Å². The van der Waals surface area contributed by atoms with Crippen LogP contribution in [0, 0.1) is 0 Å². The fraction of sp³-hybridized carbons (Fsp3) is 0.588. The number of likely N-dealkylation sites (tertiary alicyclic amines) is 1. The number of aliphatic hydroxyl groups excluding tert-OH is 2. The van der Waals surface area contributed by atoms with E-state index in [-0.39, 0.29) is 31.3 Å². The van der Waals surface area contributed by atoms with Crippen molar-refractivity contribution < 1.29 is 19.7 Å². The number of hydrogen-bond acceptors (Lipinski definition) is 5. The van der Waals surface area contributed by atoms with E-state index in [1.165, 1.54) is 0 Å². The number of carbonyl (C=O) groups is 1. The molecule has 0 aliphatic carbocycles. The minimum atomic E-state index is -0.758. The molecule has 138 valence electrons. The summed E-state index contributed by atoms with van der Waals surface area (Å²) in [5.41, 5.74) is 0.599. The van der Waals surface area contributed by atoms with Gasteiger partial charge in [0.1, 0.15) is 12.2 Å². The zero-order chi connectivity index (χ0) is 17.8. The van der Waals surface area contributed by atoms with E-state index in [9.17, 15) is 15.0 Å². The van der Waals surface area contributed by atoms with Crippen molar-refractivity contribution in [1.82, 2.24) is 10.2 Å². The van der Waals surface area contributed by atoms with Gasteiger partial charge in [-0.05, 0) is 44.1 Å². The number of ether oxygens (including phenoxy) is 1. The number of aliphatic hydroxyl groups is 2. The van der Waals surface area contributed by atoms with E-state index >= 15 is 0 Å². The molecule has 8 heteroatoms. The van der Waals surface area contributed by atoms with E-state index in [4.69, 9.17) is 16.3 Å². The Morgan fingerprint density at radius 1 is 1.32 bits per heavy atom. The van der Waals surface area contributed by atoms with Gasteiger partial charge >= 0.3 is 6.03 Å². The van der Waals surface area contributed by atoms with Crippen LogP contribution in [0.4, 0.5) is 10.5 Å². The molecule has 2 fully saturated rings. The maximum absolute atomic E-state index is 12.1. The topological polar surface area (TPSA) is 94.1 Å². The van der Waals surface area contributed by atoms with Crippen LogP contribution in [0.2, 0.25) is 5.02 Å². The van der Waals surface area contributed by atoms with Crippen LogP contribution in [-0.4, -0.2) is 71.7 Å². The van der Waals surface area contributed by atoms with E-state index in [1.54, 1.807) is 24.3 Å². The molecular weight excluding hydrogens is 346 g/mol. The van der Waals surface area contributed by atoms with Crippen LogP contribution in [0.25, 0.3) is 0 Å². The van der Waals surface area contributed by atoms with Crippen LogP contribution in [0.3, 0.4) is 0 Å². The number of halogens is 1. The summed E-state index contributed by atoms with van der Waals surface area (Å²) < 4.78 is 5.76. The molecule has 0 aromatic heterocycles. The third-order valence-corrected chi connectivity index (χ3v) is 4.98. The van der Waals surface area contributed by atoms with Crippen molar-refractivity contribution in [3.8, 4) is 0 Å². The molecule has 0 unspecified atom stereocenters. The van der Waals surface area contributed by atoms with Crippen molar-refractivity contribution in [3.05, 3.63) is 29.3 Å². The number of benzene rings is 1. The van der Waals surface area contributed by atoms with Gasteiger partial charge in [-0.25, -0.2) is 4.79 Å². The fourth-order valence-corrected chi connectivity index (χ4v) is 3.76. The van der Waals surface area contributed by atoms with Crippen LogP contribution in [0.1, 0.15) is 12.8 Å². The summed E-state index contributed by atoms with van der Waals surface area (Å²) in [7, 11) is 0. The summed E-state index contributed by atoms with van der Waals surface area (Å²) in [6.45, 7) is 1.81. The number of nitrogens with zero attached hydrogens (tertiary/aromatic N) is 1. The molecular formula is C17H24ClN3O4. The summed E-state index contributed by atoms with van der Waals surface area (Å²) in [6, 6.07) is 6.30. The standard InChI is InChI=1S/C17H24ClN3O4/c18-11-4-3-5-12(8-11)20-17(24)19-9-13-15(21-6-1-2-7-21)16(23)14(10-22)25-13/h3-5,8,13-16,22-23H,1-2,6-7,9-10H2,(H2,19,20,24)/t13-,14-,15-,16+/m0/s1. The Morgan fingerprint density at radius 3 is 2.76 bits per heavy atom. The first-order chi connectivity index (χ1) is 12.1. The fourth-order valence-electron chi connectivity index (χ4n) is 3.57. The second-order valence-electron chi connectivity index (χ2n) is 6.47. The van der Waals surface area contributed by atoms with Crippen LogP contribution in [-0.2, 0) is 4.74 Å². The molecule has 4 N–H and O–H groups in total. The zero-order valence-electron chi connectivity index (χ0n) is 13.9. The van der Waals surface area contributed by atoms with E-state index in [0.29, 0.717) is 10.7 Å². The molecule has 0 spiro atoms. The van der Waals surface area contributed by atoms with Gasteiger partial charge in [-0.2, -0.15) is 0 Å². The largest absolute Gasteiger partial charge is 0.394 e. The molecule has 3 rings (SSSR count). The Labute approximate surface area is 151 Å². The average molecular weight is 370 g/mol. The molecule has 4 atom stereocenters. The van der Waals surface area contributed by atoms with Gasteiger partial charge < -0.3 is 25.6 Å². The highest BCUT2D eigenvalue weighted by Gasteiger charge is 2.46. The predicted octanol–water partition coefficient (Wildman–Crippen LogP) is 1.05. The molecule has 2 aliphatic heterocycles. The minimum absolute atomic E-state index is 0.217. The van der Waals surface area contributed by atoms with E-state index < -0.39 is 12.2 Å². The van der Waals surface area contributed by atoms with Gasteiger partial charge in [0.2, 0.25) is 0 Å². The third-order valence-electron chi connectivity index (χ3n) is 4.75. The Hall–Kier alpha value is -1.38. The van der Waals surface area contributed by atoms with Crippen molar-refractivity contribution in [1.29, 1.82) is 0 Å². The maximum Gasteiger partial charge on any atom is 0.319 e. The summed E-state index contributed by atoms with van der Waals surface area (Å²) in [5, 5.41) is 25.9. The van der Waals surface area contributed by atoms with Gasteiger partial charge in [-0.3, -0.25) is 4.90 Å². The molecule has 0 bridgehead atoms. The Kier molecular flexibility index (Phi) is 6.14. The number of nitrogens with one attached hydrogen (secondary N) is 2. The molecule has 0 saturated carbocycles. The lowest BCUT2D eigenvalue weighted by Crippen LogP contribution is -2.50. The van der Waals surface area contributed by atoms with Crippen LogP contribution in [0.15, 0.2) is 24.3 Å². The van der Waals surface area contributed by atoms with Gasteiger partial charge in [0, 0.05) is 17.3 Å². The molecule has 2 saturated heterocycles. The van der Waals surface area contributed by atoms with Crippen LogP contribution < -0.4 is 10.6 Å². The molecule has 2 aliphatic rings. The maximum atomic E-state index is 12.1. The first-order valence-corrected chi connectivity index (χ1v) is 8.95. The smallest absolute Gasteiger partial charge is 0.319 e. The number of hydrogen-bond donors (Lipinski definition) is 4. The van der Waals surface area contributed by atoms with Crippen molar-refractivity contribution >= 4 is 23.3 Å². The van der Waals surface area contributed by atoms with Gasteiger partial charge in [-0.15, -0.1) is 0 Å². The second kappa shape index (κ2) is 8.33. The monoisotopic (exact) mass is 369 g/mol. The van der Waals surface area contributed by atoms with Gasteiger partial charge in [0.05, 0.1) is 18.8 Å². The number of urea groups is 1. The summed E-state index contributed by atoms with van der Waals surface area (Å²) in [6.07, 6.45) is 0.430. The van der Waals surface area contributed by atoms with E-state index in [1.807, 2.05) is 0 Å². The Morgan fingerprint density at radius 2 is 2.08 bits per heavy atom. The number of anilines is 1. The van der Waals surface area contributed by atoms with E-state index in [0.717, 1.165) is 25.9 Å². The second-order valence-corrected chi connectivity index (χ2v) is 6.90. The first-order valence-electron chi connectivity index (χ1n) is 8.57. The highest BCUT2D eigenvalue weighted by molar-refractivity contribution is 6.30. The molecule has 0 radical (unpaired) electrons. The van der Waals surface area contributed by atoms with Gasteiger partial charge in [-0.1, -0.05) is 17.7 Å². The van der Waals surface area contributed by atoms with Crippen molar-refractivity contribution in [2.75, 3.05) is 31.6 Å². The minimum Gasteiger partial charge on any atom is -0.394 e. The van der Waals surface area contributed by atoms with Gasteiger partial charge in [0.25, 0.3) is 0 Å². The lowest BCUT2D eigenvalue weighted by atomic mass is 10.0. The molecule has 1 aromatic carbocycles. The first kappa shape index (κ1) is 18.4. The summed E-state index contributed by atoms with van der Waals surface area (Å²) in [4.78, 5) is 14.3. The quantitative estimate of drug-likeness (QED) is 0.622. The zero-order valence-corrected chi connectivity index (χ0v) is 14.7. The summed E-state index contributed by atoms with van der Waals surface area (Å²) >= 11 is 5.90. The lowest BCUT2D eigenvalue weighted by Gasteiger charge is -2.30. The predicted molar refractivity (Wildman–Crippen MR) is 94.8 cm³/mol. The van der Waals surface area contributed by atoms with Crippen molar-refractivity contribution in [2.45, 2.75) is 37.2 Å². The SMILES string of the molecule is O=C(NC[C@@H]1O[C@@H](CO)[C@@H](O)[C@H]1N1CCCC1)Nc1cccc(Cl)c1. The highest BCUT2D eigenvalue weighted by atomic mass is 35.5. The Balaban J connectivity index is 1.57. The summed E-state index contributed by atoms with van der Waals surface area (Å²) in [5.74, 6) is 0. The molecule has 1 aromatic rings. The van der Waals surface area contributed by atoms with E-state index in [2.05, 4.69) is 15.5 Å². The number of amides is 2. The molecule has 2 amide bonds. The Bertz CT molecular complexity index is 597. The number of carbonyl (C=O) groups excluding carboxylic acids is 1. The normalized spacial score (nSPS) is 29.7. The van der Waals surface area contributed by atoms with Gasteiger partial charge in [0.15, 0.2) is 0 Å². The lowest BCUT2D eigenvalue weighted by molar-refractivity contribution is -0.0205. The van der Waals surface area contributed by atoms with Crippen LogP contribution in [0.5, 0.6) is 0 Å². The number of rotatable bonds is 5. The third kappa shape index (κ3) is 4.43. The molecule has 25 heavy (non-hydrogen) atoms. The average Bonchev–Trinajstić information content (AvgIpc) is 3.20. The van der Waals surface area contributed by atoms with Crippen LogP contribution >= 0.6 is 11.6 Å². The molecule has 2 heterocycles. The van der Waals surface area contributed by atoms with Crippen molar-refractivity contribution in [3.63, 3.8) is 0 Å². The molecule has 7 nitrogen and oxygen atoms in total. The highest BCUT2D eigenvalue weighted by Crippen LogP contribution is 2.28.